The Morgan fingerprint density at radius 3 is 2.26 bits per heavy atom. The van der Waals surface area contributed by atoms with Crippen LogP contribution in [0.3, 0.4) is 0 Å². The third-order valence-electron chi connectivity index (χ3n) is 4.94. The quantitative estimate of drug-likeness (QED) is 0.478. The lowest BCUT2D eigenvalue weighted by atomic mass is 10.2. The Labute approximate surface area is 198 Å². The fourth-order valence-corrected chi connectivity index (χ4v) is 4.50. The van der Waals surface area contributed by atoms with Gasteiger partial charge in [0.15, 0.2) is 6.61 Å². The SMILES string of the molecule is CCN(CC)S(=O)(=O)c1ccc(C(=O)NCC(=O)OCC(=O)N(C)Cc2cccc(F)c2)cc1. The summed E-state index contributed by atoms with van der Waals surface area (Å²) >= 11 is 0. The van der Waals surface area contributed by atoms with E-state index in [4.69, 9.17) is 4.74 Å². The molecular formula is C23H28FN3O6S. The van der Waals surface area contributed by atoms with Gasteiger partial charge in [-0.1, -0.05) is 26.0 Å². The molecule has 0 aliphatic heterocycles. The average Bonchev–Trinajstić information content (AvgIpc) is 2.81. The molecule has 0 heterocycles. The van der Waals surface area contributed by atoms with Crippen LogP contribution in [0.5, 0.6) is 0 Å². The molecule has 0 aliphatic rings. The number of amides is 2. The van der Waals surface area contributed by atoms with Crippen LogP contribution in [0.1, 0.15) is 29.8 Å². The normalized spacial score (nSPS) is 11.2. The first-order chi connectivity index (χ1) is 16.1. The maximum Gasteiger partial charge on any atom is 0.325 e. The summed E-state index contributed by atoms with van der Waals surface area (Å²) in [7, 11) is -2.15. The van der Waals surface area contributed by atoms with Crippen molar-refractivity contribution in [3.8, 4) is 0 Å². The Hall–Kier alpha value is -3.31. The Morgan fingerprint density at radius 1 is 1.03 bits per heavy atom. The third kappa shape index (κ3) is 7.35. The van der Waals surface area contributed by atoms with Crippen LogP contribution in [0.25, 0.3) is 0 Å². The van der Waals surface area contributed by atoms with Crippen molar-refractivity contribution < 1.29 is 31.9 Å². The van der Waals surface area contributed by atoms with Crippen molar-refractivity contribution in [2.24, 2.45) is 0 Å². The second-order valence-corrected chi connectivity index (χ2v) is 9.27. The number of sulfonamides is 1. The molecule has 2 aromatic carbocycles. The molecule has 0 aliphatic carbocycles. The van der Waals surface area contributed by atoms with Crippen LogP contribution < -0.4 is 5.32 Å². The highest BCUT2D eigenvalue weighted by Crippen LogP contribution is 2.16. The first kappa shape index (κ1) is 26.9. The van der Waals surface area contributed by atoms with Crippen molar-refractivity contribution in [1.29, 1.82) is 0 Å². The van der Waals surface area contributed by atoms with Gasteiger partial charge in [0, 0.05) is 32.2 Å². The Kier molecular flexibility index (Phi) is 9.69. The lowest BCUT2D eigenvalue weighted by molar-refractivity contribution is -0.150. The molecule has 0 atom stereocenters. The summed E-state index contributed by atoms with van der Waals surface area (Å²) in [4.78, 5) is 37.6. The highest BCUT2D eigenvalue weighted by atomic mass is 32.2. The molecule has 2 aromatic rings. The number of nitrogens with one attached hydrogen (secondary N) is 1. The number of hydrogen-bond donors (Lipinski definition) is 1. The van der Waals surface area contributed by atoms with E-state index in [1.807, 2.05) is 0 Å². The minimum Gasteiger partial charge on any atom is -0.454 e. The van der Waals surface area contributed by atoms with Gasteiger partial charge < -0.3 is 15.0 Å². The first-order valence-electron chi connectivity index (χ1n) is 10.6. The van der Waals surface area contributed by atoms with Gasteiger partial charge in [0.2, 0.25) is 10.0 Å². The number of hydrogen-bond acceptors (Lipinski definition) is 6. The summed E-state index contributed by atoms with van der Waals surface area (Å²) in [6.07, 6.45) is 0. The standard InChI is InChI=1S/C23H28FN3O6S/c1-4-27(5-2)34(31,32)20-11-9-18(10-12-20)23(30)25-14-22(29)33-16-21(28)26(3)15-17-7-6-8-19(24)13-17/h6-13H,4-5,14-16H2,1-3H3,(H,25,30). The highest BCUT2D eigenvalue weighted by molar-refractivity contribution is 7.89. The first-order valence-corrected chi connectivity index (χ1v) is 12.0. The van der Waals surface area contributed by atoms with Crippen LogP contribution in [-0.2, 0) is 30.9 Å². The lowest BCUT2D eigenvalue weighted by Gasteiger charge is -2.18. The van der Waals surface area contributed by atoms with Crippen molar-refractivity contribution in [1.82, 2.24) is 14.5 Å². The number of carbonyl (C=O) groups excluding carboxylic acids is 3. The highest BCUT2D eigenvalue weighted by Gasteiger charge is 2.22. The van der Waals surface area contributed by atoms with Gasteiger partial charge in [0.05, 0.1) is 4.90 Å². The number of ether oxygens (including phenoxy) is 1. The average molecular weight is 494 g/mol. The van der Waals surface area contributed by atoms with Gasteiger partial charge in [-0.05, 0) is 42.0 Å². The molecule has 0 unspecified atom stereocenters. The number of halogens is 1. The predicted octanol–water partition coefficient (Wildman–Crippen LogP) is 1.79. The summed E-state index contributed by atoms with van der Waals surface area (Å²) < 4.78 is 44.4. The molecule has 0 spiro atoms. The van der Waals surface area contributed by atoms with Gasteiger partial charge in [-0.3, -0.25) is 14.4 Å². The van der Waals surface area contributed by atoms with Crippen molar-refractivity contribution >= 4 is 27.8 Å². The molecule has 1 N–H and O–H groups in total. The van der Waals surface area contributed by atoms with E-state index in [9.17, 15) is 27.2 Å². The van der Waals surface area contributed by atoms with Crippen LogP contribution in [0.2, 0.25) is 0 Å². The second-order valence-electron chi connectivity index (χ2n) is 7.34. The van der Waals surface area contributed by atoms with Crippen molar-refractivity contribution in [2.45, 2.75) is 25.3 Å². The molecule has 11 heteroatoms. The van der Waals surface area contributed by atoms with Gasteiger partial charge in [0.1, 0.15) is 12.4 Å². The second kappa shape index (κ2) is 12.2. The van der Waals surface area contributed by atoms with E-state index in [1.54, 1.807) is 19.9 Å². The fourth-order valence-electron chi connectivity index (χ4n) is 3.05. The zero-order valence-corrected chi connectivity index (χ0v) is 20.1. The van der Waals surface area contributed by atoms with Crippen LogP contribution in [0.15, 0.2) is 53.4 Å². The van der Waals surface area contributed by atoms with Gasteiger partial charge in [-0.25, -0.2) is 12.8 Å². The van der Waals surface area contributed by atoms with E-state index >= 15 is 0 Å². The summed E-state index contributed by atoms with van der Waals surface area (Å²) in [5.41, 5.74) is 0.752. The van der Waals surface area contributed by atoms with Gasteiger partial charge in [-0.15, -0.1) is 0 Å². The summed E-state index contributed by atoms with van der Waals surface area (Å²) in [6.45, 7) is 3.26. The number of carbonyl (C=O) groups is 3. The van der Waals surface area contributed by atoms with Gasteiger partial charge in [-0.2, -0.15) is 4.31 Å². The number of likely N-dealkylation sites (N-methyl/N-ethyl adjacent to an activating group) is 1. The fraction of sp³-hybridized carbons (Fsp3) is 0.348. The zero-order valence-electron chi connectivity index (χ0n) is 19.3. The molecule has 2 rings (SSSR count). The van der Waals surface area contributed by atoms with Crippen LogP contribution in [0, 0.1) is 5.82 Å². The molecule has 34 heavy (non-hydrogen) atoms. The predicted molar refractivity (Wildman–Crippen MR) is 123 cm³/mol. The molecule has 2 amide bonds. The third-order valence-corrected chi connectivity index (χ3v) is 7.01. The van der Waals surface area contributed by atoms with Crippen LogP contribution in [0.4, 0.5) is 4.39 Å². The topological polar surface area (TPSA) is 113 Å². The van der Waals surface area contributed by atoms with Crippen LogP contribution in [-0.4, -0.2) is 68.7 Å². The summed E-state index contributed by atoms with van der Waals surface area (Å²) in [5, 5.41) is 2.36. The zero-order chi connectivity index (χ0) is 25.3. The Bertz CT molecular complexity index is 1120. The molecule has 0 saturated carbocycles. The smallest absolute Gasteiger partial charge is 0.325 e. The van der Waals surface area contributed by atoms with Crippen molar-refractivity contribution in [2.75, 3.05) is 33.3 Å². The van der Waals surface area contributed by atoms with Gasteiger partial charge in [0.25, 0.3) is 11.8 Å². The largest absolute Gasteiger partial charge is 0.454 e. The molecule has 0 bridgehead atoms. The molecule has 0 saturated heterocycles. The Morgan fingerprint density at radius 2 is 1.68 bits per heavy atom. The van der Waals surface area contributed by atoms with Gasteiger partial charge >= 0.3 is 5.97 Å². The van der Waals surface area contributed by atoms with E-state index < -0.39 is 46.8 Å². The molecule has 184 valence electrons. The Balaban J connectivity index is 1.82. The maximum atomic E-state index is 13.2. The summed E-state index contributed by atoms with van der Waals surface area (Å²) in [6, 6.07) is 11.1. The number of nitrogens with zero attached hydrogens (tertiary/aromatic N) is 2. The number of rotatable bonds is 11. The van der Waals surface area contributed by atoms with E-state index in [0.29, 0.717) is 18.7 Å². The lowest BCUT2D eigenvalue weighted by Crippen LogP contribution is -2.34. The molecule has 0 radical (unpaired) electrons. The van der Waals surface area contributed by atoms with E-state index in [-0.39, 0.29) is 17.0 Å². The maximum absolute atomic E-state index is 13.2. The van der Waals surface area contributed by atoms with E-state index in [1.165, 1.54) is 58.7 Å². The van der Waals surface area contributed by atoms with Crippen LogP contribution >= 0.6 is 0 Å². The number of esters is 1. The van der Waals surface area contributed by atoms with Crippen molar-refractivity contribution in [3.05, 3.63) is 65.5 Å². The van der Waals surface area contributed by atoms with E-state index in [0.717, 1.165) is 0 Å². The molecular weight excluding hydrogens is 465 g/mol. The number of benzene rings is 2. The monoisotopic (exact) mass is 493 g/mol. The van der Waals surface area contributed by atoms with Crippen molar-refractivity contribution in [3.63, 3.8) is 0 Å². The summed E-state index contributed by atoms with van der Waals surface area (Å²) in [5.74, 6) is -2.32. The molecule has 9 nitrogen and oxygen atoms in total. The molecule has 0 fully saturated rings. The van der Waals surface area contributed by atoms with E-state index in [2.05, 4.69) is 5.32 Å². The minimum atomic E-state index is -3.64. The molecule has 0 aromatic heterocycles. The minimum absolute atomic E-state index is 0.0630.